The van der Waals surface area contributed by atoms with E-state index < -0.39 is 0 Å². The van der Waals surface area contributed by atoms with Crippen molar-refractivity contribution < 1.29 is 9.18 Å². The molecule has 7 heteroatoms. The molecule has 0 unspecified atom stereocenters. The van der Waals surface area contributed by atoms with Crippen LogP contribution in [0.5, 0.6) is 0 Å². The number of halogens is 2. The van der Waals surface area contributed by atoms with Gasteiger partial charge in [-0.05, 0) is 62.7 Å². The predicted octanol–water partition coefficient (Wildman–Crippen LogP) is 4.10. The number of nitrogens with one attached hydrogen (secondary N) is 2. The highest BCUT2D eigenvalue weighted by molar-refractivity contribution is 5.85. The van der Waals surface area contributed by atoms with Crippen molar-refractivity contribution in [1.29, 1.82) is 0 Å². The number of carbonyl (C=O) groups excluding carboxylic acids is 1. The van der Waals surface area contributed by atoms with Gasteiger partial charge in [-0.3, -0.25) is 4.79 Å². The zero-order valence-electron chi connectivity index (χ0n) is 16.8. The van der Waals surface area contributed by atoms with Crippen LogP contribution in [0.2, 0.25) is 0 Å². The third-order valence-corrected chi connectivity index (χ3v) is 5.38. The van der Waals surface area contributed by atoms with Crippen LogP contribution in [-0.2, 0) is 11.3 Å². The SMILES string of the molecule is C[C@H]1C[C@@H](C(=O)NCc2cn(-c3ccccc3)nc2-c2ccc(F)cc2)CCN1.Cl. The van der Waals surface area contributed by atoms with E-state index in [0.29, 0.717) is 12.6 Å². The number of hydrogen-bond acceptors (Lipinski definition) is 3. The van der Waals surface area contributed by atoms with Gasteiger partial charge in [-0.1, -0.05) is 18.2 Å². The Balaban J connectivity index is 0.00000256. The molecule has 158 valence electrons. The maximum absolute atomic E-state index is 13.4. The van der Waals surface area contributed by atoms with E-state index in [-0.39, 0.29) is 30.0 Å². The van der Waals surface area contributed by atoms with Gasteiger partial charge in [0.15, 0.2) is 0 Å². The molecule has 0 saturated carbocycles. The van der Waals surface area contributed by atoms with Gasteiger partial charge in [0.1, 0.15) is 5.82 Å². The fourth-order valence-electron chi connectivity index (χ4n) is 3.80. The highest BCUT2D eigenvalue weighted by Gasteiger charge is 2.25. The van der Waals surface area contributed by atoms with Gasteiger partial charge in [-0.2, -0.15) is 5.10 Å². The van der Waals surface area contributed by atoms with Crippen LogP contribution >= 0.6 is 12.4 Å². The number of hydrogen-bond donors (Lipinski definition) is 2. The highest BCUT2D eigenvalue weighted by atomic mass is 35.5. The van der Waals surface area contributed by atoms with Crippen molar-refractivity contribution in [3.05, 3.63) is 72.2 Å². The minimum atomic E-state index is -0.286. The number of carbonyl (C=O) groups is 1. The van der Waals surface area contributed by atoms with E-state index in [1.165, 1.54) is 12.1 Å². The Hall–Kier alpha value is -2.70. The lowest BCUT2D eigenvalue weighted by atomic mass is 9.92. The van der Waals surface area contributed by atoms with Crippen molar-refractivity contribution in [2.24, 2.45) is 5.92 Å². The molecule has 2 heterocycles. The van der Waals surface area contributed by atoms with Crippen molar-refractivity contribution in [2.45, 2.75) is 32.4 Å². The number of aromatic nitrogens is 2. The Morgan fingerprint density at radius 2 is 1.93 bits per heavy atom. The molecule has 2 N–H and O–H groups in total. The molecule has 2 aromatic carbocycles. The van der Waals surface area contributed by atoms with E-state index in [1.807, 2.05) is 36.5 Å². The van der Waals surface area contributed by atoms with Crippen molar-refractivity contribution in [3.8, 4) is 16.9 Å². The lowest BCUT2D eigenvalue weighted by Gasteiger charge is -2.27. The van der Waals surface area contributed by atoms with Crippen LogP contribution in [0.3, 0.4) is 0 Å². The molecule has 2 atom stereocenters. The van der Waals surface area contributed by atoms with Gasteiger partial charge in [-0.25, -0.2) is 9.07 Å². The van der Waals surface area contributed by atoms with Crippen LogP contribution in [0.4, 0.5) is 4.39 Å². The first-order valence-corrected chi connectivity index (χ1v) is 10.0. The smallest absolute Gasteiger partial charge is 0.223 e. The number of para-hydroxylation sites is 1. The maximum atomic E-state index is 13.4. The molecule has 1 saturated heterocycles. The molecule has 0 bridgehead atoms. The Morgan fingerprint density at radius 3 is 2.63 bits per heavy atom. The van der Waals surface area contributed by atoms with E-state index in [0.717, 1.165) is 41.9 Å². The van der Waals surface area contributed by atoms with E-state index in [4.69, 9.17) is 5.10 Å². The molecule has 4 rings (SSSR count). The lowest BCUT2D eigenvalue weighted by Crippen LogP contribution is -2.42. The van der Waals surface area contributed by atoms with Crippen LogP contribution < -0.4 is 10.6 Å². The standard InChI is InChI=1S/C23H25FN4O.ClH/c1-16-13-18(11-12-25-16)23(29)26-14-19-15-28(21-5-3-2-4-6-21)27-22(19)17-7-9-20(24)10-8-17;/h2-10,15-16,18,25H,11-14H2,1H3,(H,26,29);1H/t16-,18-;/m0./s1. The summed E-state index contributed by atoms with van der Waals surface area (Å²) < 4.78 is 15.2. The zero-order chi connectivity index (χ0) is 20.2. The summed E-state index contributed by atoms with van der Waals surface area (Å²) in [7, 11) is 0. The Labute approximate surface area is 182 Å². The van der Waals surface area contributed by atoms with Gasteiger partial charge >= 0.3 is 0 Å². The fraction of sp³-hybridized carbons (Fsp3) is 0.304. The van der Waals surface area contributed by atoms with Crippen molar-refractivity contribution >= 4 is 18.3 Å². The molecule has 1 aromatic heterocycles. The van der Waals surface area contributed by atoms with E-state index >= 15 is 0 Å². The summed E-state index contributed by atoms with van der Waals surface area (Å²) in [4.78, 5) is 12.7. The van der Waals surface area contributed by atoms with Crippen LogP contribution in [0.1, 0.15) is 25.3 Å². The van der Waals surface area contributed by atoms with E-state index in [1.54, 1.807) is 16.8 Å². The van der Waals surface area contributed by atoms with Gasteiger partial charge in [0.25, 0.3) is 0 Å². The summed E-state index contributed by atoms with van der Waals surface area (Å²) in [6.45, 7) is 3.36. The van der Waals surface area contributed by atoms with Gasteiger partial charge in [-0.15, -0.1) is 12.4 Å². The predicted molar refractivity (Wildman–Crippen MR) is 118 cm³/mol. The van der Waals surface area contributed by atoms with Crippen LogP contribution in [0, 0.1) is 11.7 Å². The first kappa shape index (κ1) is 22.0. The third-order valence-electron chi connectivity index (χ3n) is 5.38. The van der Waals surface area contributed by atoms with Gasteiger partial charge in [0.2, 0.25) is 5.91 Å². The number of amides is 1. The van der Waals surface area contributed by atoms with Crippen molar-refractivity contribution in [1.82, 2.24) is 20.4 Å². The first-order chi connectivity index (χ1) is 14.1. The second kappa shape index (κ2) is 9.87. The summed E-state index contributed by atoms with van der Waals surface area (Å²) in [6.07, 6.45) is 3.63. The molecule has 1 aliphatic rings. The van der Waals surface area contributed by atoms with E-state index in [2.05, 4.69) is 17.6 Å². The maximum Gasteiger partial charge on any atom is 0.223 e. The topological polar surface area (TPSA) is 59.0 Å². The molecule has 1 fully saturated rings. The molecule has 30 heavy (non-hydrogen) atoms. The molecule has 3 aromatic rings. The van der Waals surface area contributed by atoms with Crippen molar-refractivity contribution in [2.75, 3.05) is 6.54 Å². The summed E-state index contributed by atoms with van der Waals surface area (Å²) >= 11 is 0. The van der Waals surface area contributed by atoms with Gasteiger partial charge in [0, 0.05) is 35.8 Å². The first-order valence-electron chi connectivity index (χ1n) is 10.0. The quantitative estimate of drug-likeness (QED) is 0.643. The summed E-state index contributed by atoms with van der Waals surface area (Å²) in [5.41, 5.74) is 3.39. The third kappa shape index (κ3) is 5.07. The molecule has 0 aliphatic carbocycles. The number of rotatable bonds is 5. The second-order valence-corrected chi connectivity index (χ2v) is 7.58. The summed E-state index contributed by atoms with van der Waals surface area (Å²) in [6, 6.07) is 16.4. The number of piperidine rings is 1. The summed E-state index contributed by atoms with van der Waals surface area (Å²) in [5.74, 6) is -0.174. The summed E-state index contributed by atoms with van der Waals surface area (Å²) in [5, 5.41) is 11.2. The molecule has 1 amide bonds. The van der Waals surface area contributed by atoms with Gasteiger partial charge < -0.3 is 10.6 Å². The molecule has 5 nitrogen and oxygen atoms in total. The van der Waals surface area contributed by atoms with Gasteiger partial charge in [0.05, 0.1) is 11.4 Å². The van der Waals surface area contributed by atoms with Crippen LogP contribution in [0.15, 0.2) is 60.8 Å². The fourth-order valence-corrected chi connectivity index (χ4v) is 3.80. The Bertz CT molecular complexity index is 975. The average Bonchev–Trinajstić information content (AvgIpc) is 3.17. The second-order valence-electron chi connectivity index (χ2n) is 7.58. The highest BCUT2D eigenvalue weighted by Crippen LogP contribution is 2.24. The molecular weight excluding hydrogens is 403 g/mol. The largest absolute Gasteiger partial charge is 0.352 e. The minimum Gasteiger partial charge on any atom is -0.352 e. The zero-order valence-corrected chi connectivity index (χ0v) is 17.7. The molecule has 0 radical (unpaired) electrons. The van der Waals surface area contributed by atoms with Crippen LogP contribution in [-0.4, -0.2) is 28.3 Å². The Kier molecular flexibility index (Phi) is 7.24. The monoisotopic (exact) mass is 428 g/mol. The number of benzene rings is 2. The van der Waals surface area contributed by atoms with Crippen LogP contribution in [0.25, 0.3) is 16.9 Å². The Morgan fingerprint density at radius 1 is 1.20 bits per heavy atom. The average molecular weight is 429 g/mol. The molecule has 1 aliphatic heterocycles. The van der Waals surface area contributed by atoms with Crippen molar-refractivity contribution in [3.63, 3.8) is 0 Å². The molecule has 0 spiro atoms. The van der Waals surface area contributed by atoms with E-state index in [9.17, 15) is 9.18 Å². The lowest BCUT2D eigenvalue weighted by molar-refractivity contribution is -0.126. The molecular formula is C23H26ClFN4O. The normalized spacial score (nSPS) is 18.5. The number of nitrogens with zero attached hydrogens (tertiary/aromatic N) is 2. The minimum absolute atomic E-state index is 0.